The second kappa shape index (κ2) is 5.14. The van der Waals surface area contributed by atoms with Crippen molar-refractivity contribution in [1.29, 1.82) is 0 Å². The minimum atomic E-state index is -0.633. The summed E-state index contributed by atoms with van der Waals surface area (Å²) >= 11 is 0. The Hall–Kier alpha value is -1.84. The first kappa shape index (κ1) is 11.2. The average molecular weight is 210 g/mol. The number of aliphatic hydroxyl groups is 1. The zero-order chi connectivity index (χ0) is 11.3. The van der Waals surface area contributed by atoms with Gasteiger partial charge >= 0.3 is 5.97 Å². The predicted octanol–water partition coefficient (Wildman–Crippen LogP) is 2.29. The molecule has 0 radical (unpaired) electrons. The highest BCUT2D eigenvalue weighted by molar-refractivity contribution is 6.16. The highest BCUT2D eigenvalue weighted by Gasteiger charge is 2.12. The predicted molar refractivity (Wildman–Crippen MR) is 53.6 cm³/mol. The molecule has 0 aliphatic heterocycles. The van der Waals surface area contributed by atoms with E-state index >= 15 is 0 Å². The number of carbonyl (C=O) groups is 1. The highest BCUT2D eigenvalue weighted by atomic mass is 19.1. The van der Waals surface area contributed by atoms with Crippen LogP contribution in [0, 0.1) is 5.82 Å². The maximum absolute atomic E-state index is 12.6. The number of hydrogen-bond acceptors (Lipinski definition) is 3. The molecule has 0 saturated carbocycles. The van der Waals surface area contributed by atoms with Gasteiger partial charge in [0.05, 0.1) is 12.9 Å². The summed E-state index contributed by atoms with van der Waals surface area (Å²) in [6.45, 7) is 1.88. The number of rotatable bonds is 3. The topological polar surface area (TPSA) is 46.5 Å². The summed E-state index contributed by atoms with van der Waals surface area (Å²) in [5.74, 6) is -1.04. The van der Waals surface area contributed by atoms with Gasteiger partial charge in [-0.15, -0.1) is 0 Å². The molecular weight excluding hydrogens is 199 g/mol. The first-order chi connectivity index (χ1) is 7.19. The van der Waals surface area contributed by atoms with Crippen LogP contribution < -0.4 is 0 Å². The lowest BCUT2D eigenvalue weighted by Gasteiger charge is -2.05. The standard InChI is InChI=1S/C11H11FO3/c1-2-15-11(14)10(7-13)8-3-5-9(12)6-4-8/h3-7,13H,2H2,1H3/b10-7-. The van der Waals surface area contributed by atoms with Crippen LogP contribution >= 0.6 is 0 Å². The van der Waals surface area contributed by atoms with Gasteiger partial charge < -0.3 is 9.84 Å². The molecule has 80 valence electrons. The Balaban J connectivity index is 2.94. The molecule has 0 bridgehead atoms. The maximum atomic E-state index is 12.6. The Labute approximate surface area is 86.8 Å². The van der Waals surface area contributed by atoms with Crippen molar-refractivity contribution in [1.82, 2.24) is 0 Å². The van der Waals surface area contributed by atoms with Crippen LogP contribution in [0.3, 0.4) is 0 Å². The number of ether oxygens (including phenoxy) is 1. The number of hydrogen-bond donors (Lipinski definition) is 1. The molecule has 0 fully saturated rings. The molecule has 1 rings (SSSR count). The third-order valence-corrected chi connectivity index (χ3v) is 1.78. The molecule has 0 amide bonds. The second-order valence-corrected chi connectivity index (χ2v) is 2.77. The van der Waals surface area contributed by atoms with Gasteiger partial charge in [-0.25, -0.2) is 9.18 Å². The smallest absolute Gasteiger partial charge is 0.341 e. The van der Waals surface area contributed by atoms with Crippen molar-refractivity contribution in [3.63, 3.8) is 0 Å². The van der Waals surface area contributed by atoms with E-state index in [2.05, 4.69) is 0 Å². The SMILES string of the molecule is CCOC(=O)/C(=C\O)c1ccc(F)cc1. The summed E-state index contributed by atoms with van der Waals surface area (Å²) in [6.07, 6.45) is 0.658. The molecule has 1 aromatic rings. The van der Waals surface area contributed by atoms with Crippen LogP contribution in [-0.4, -0.2) is 17.7 Å². The molecule has 0 saturated heterocycles. The monoisotopic (exact) mass is 210 g/mol. The Morgan fingerprint density at radius 1 is 1.47 bits per heavy atom. The van der Waals surface area contributed by atoms with Gasteiger partial charge in [0.15, 0.2) is 0 Å². The Bertz CT molecular complexity index is 368. The number of benzene rings is 1. The van der Waals surface area contributed by atoms with Gasteiger partial charge in [-0.05, 0) is 24.6 Å². The van der Waals surface area contributed by atoms with E-state index in [4.69, 9.17) is 9.84 Å². The summed E-state index contributed by atoms with van der Waals surface area (Å²) in [5.41, 5.74) is 0.425. The molecule has 0 aromatic heterocycles. The molecule has 0 unspecified atom stereocenters. The van der Waals surface area contributed by atoms with E-state index < -0.39 is 11.8 Å². The van der Waals surface area contributed by atoms with Crippen molar-refractivity contribution in [2.75, 3.05) is 6.61 Å². The maximum Gasteiger partial charge on any atom is 0.341 e. The van der Waals surface area contributed by atoms with Crippen molar-refractivity contribution in [2.24, 2.45) is 0 Å². The summed E-state index contributed by atoms with van der Waals surface area (Å²) in [4.78, 5) is 11.3. The Kier molecular flexibility index (Phi) is 3.85. The molecule has 0 heterocycles. The van der Waals surface area contributed by atoms with Gasteiger partial charge in [0, 0.05) is 0 Å². The van der Waals surface area contributed by atoms with E-state index in [9.17, 15) is 9.18 Å². The summed E-state index contributed by atoms with van der Waals surface area (Å²) < 4.78 is 17.3. The number of esters is 1. The first-order valence-electron chi connectivity index (χ1n) is 4.46. The zero-order valence-corrected chi connectivity index (χ0v) is 8.24. The van der Waals surface area contributed by atoms with Crippen LogP contribution in [-0.2, 0) is 9.53 Å². The van der Waals surface area contributed by atoms with Crippen molar-refractivity contribution < 1.29 is 19.0 Å². The Morgan fingerprint density at radius 2 is 2.07 bits per heavy atom. The van der Waals surface area contributed by atoms with E-state index in [-0.39, 0.29) is 12.2 Å². The third kappa shape index (κ3) is 2.80. The van der Waals surface area contributed by atoms with Crippen molar-refractivity contribution in [3.8, 4) is 0 Å². The minimum Gasteiger partial charge on any atom is -0.515 e. The molecule has 1 N–H and O–H groups in total. The molecule has 4 heteroatoms. The molecule has 0 aliphatic rings. The van der Waals surface area contributed by atoms with E-state index in [1.807, 2.05) is 0 Å². The van der Waals surface area contributed by atoms with Crippen molar-refractivity contribution >= 4 is 11.5 Å². The molecule has 0 spiro atoms. The van der Waals surface area contributed by atoms with Crippen LogP contribution in [0.15, 0.2) is 30.5 Å². The third-order valence-electron chi connectivity index (χ3n) is 1.78. The quantitative estimate of drug-likeness (QED) is 0.473. The number of carbonyl (C=O) groups excluding carboxylic acids is 1. The van der Waals surface area contributed by atoms with E-state index in [0.29, 0.717) is 11.8 Å². The molecule has 15 heavy (non-hydrogen) atoms. The largest absolute Gasteiger partial charge is 0.515 e. The van der Waals surface area contributed by atoms with Crippen molar-refractivity contribution in [2.45, 2.75) is 6.92 Å². The van der Waals surface area contributed by atoms with Crippen LogP contribution in [0.5, 0.6) is 0 Å². The summed E-state index contributed by atoms with van der Waals surface area (Å²) in [7, 11) is 0. The summed E-state index contributed by atoms with van der Waals surface area (Å²) in [5, 5.41) is 8.89. The van der Waals surface area contributed by atoms with Gasteiger partial charge in [-0.3, -0.25) is 0 Å². The normalized spacial score (nSPS) is 11.2. The van der Waals surface area contributed by atoms with Gasteiger partial charge in [0.1, 0.15) is 11.4 Å². The molecule has 3 nitrogen and oxygen atoms in total. The lowest BCUT2D eigenvalue weighted by molar-refractivity contribution is -0.136. The lowest BCUT2D eigenvalue weighted by Crippen LogP contribution is -2.06. The lowest BCUT2D eigenvalue weighted by atomic mass is 10.1. The fourth-order valence-electron chi connectivity index (χ4n) is 1.08. The van der Waals surface area contributed by atoms with Crippen LogP contribution in [0.25, 0.3) is 5.57 Å². The molecule has 0 atom stereocenters. The van der Waals surface area contributed by atoms with Crippen LogP contribution in [0.1, 0.15) is 12.5 Å². The first-order valence-corrected chi connectivity index (χ1v) is 4.46. The fourth-order valence-corrected chi connectivity index (χ4v) is 1.08. The molecular formula is C11H11FO3. The molecule has 0 aliphatic carbocycles. The van der Waals surface area contributed by atoms with E-state index in [1.165, 1.54) is 24.3 Å². The van der Waals surface area contributed by atoms with Crippen LogP contribution in [0.2, 0.25) is 0 Å². The average Bonchev–Trinajstić information content (AvgIpc) is 2.22. The molecule has 1 aromatic carbocycles. The van der Waals surface area contributed by atoms with E-state index in [1.54, 1.807) is 6.92 Å². The number of aliphatic hydroxyl groups excluding tert-OH is 1. The Morgan fingerprint density at radius 3 is 2.53 bits per heavy atom. The van der Waals surface area contributed by atoms with E-state index in [0.717, 1.165) is 0 Å². The van der Waals surface area contributed by atoms with Gasteiger partial charge in [0.25, 0.3) is 0 Å². The summed E-state index contributed by atoms with van der Waals surface area (Å²) in [6, 6.07) is 5.21. The number of halogens is 1. The minimum absolute atomic E-state index is 0.0110. The highest BCUT2D eigenvalue weighted by Crippen LogP contribution is 2.15. The van der Waals surface area contributed by atoms with Gasteiger partial charge in [-0.1, -0.05) is 12.1 Å². The van der Waals surface area contributed by atoms with Gasteiger partial charge in [-0.2, -0.15) is 0 Å². The van der Waals surface area contributed by atoms with Gasteiger partial charge in [0.2, 0.25) is 0 Å². The fraction of sp³-hybridized carbons (Fsp3) is 0.182. The van der Waals surface area contributed by atoms with Crippen LogP contribution in [0.4, 0.5) is 4.39 Å². The zero-order valence-electron chi connectivity index (χ0n) is 8.24. The second-order valence-electron chi connectivity index (χ2n) is 2.77. The van der Waals surface area contributed by atoms with Crippen molar-refractivity contribution in [3.05, 3.63) is 41.9 Å².